The third-order valence-electron chi connectivity index (χ3n) is 2.81. The van der Waals surface area contributed by atoms with Gasteiger partial charge in [0.25, 0.3) is 10.0 Å². The summed E-state index contributed by atoms with van der Waals surface area (Å²) in [7, 11) is -2.67. The zero-order chi connectivity index (χ0) is 14.9. The maximum absolute atomic E-state index is 13.9. The molecular formula is C13H12BrFN2O2S. The lowest BCUT2D eigenvalue weighted by Crippen LogP contribution is -2.28. The van der Waals surface area contributed by atoms with E-state index in [1.54, 1.807) is 24.3 Å². The highest BCUT2D eigenvalue weighted by atomic mass is 79.9. The lowest BCUT2D eigenvalue weighted by atomic mass is 10.3. The standard InChI is InChI=1S/C13H12BrFN2O2S/c1-17(12-5-3-2-4-11(12)16)20(18,19)13-7-6-9(14)8-10(13)15/h2-8H,16H2,1H3. The second-order valence-electron chi connectivity index (χ2n) is 4.11. The van der Waals surface area contributed by atoms with E-state index in [1.165, 1.54) is 19.2 Å². The highest BCUT2D eigenvalue weighted by Gasteiger charge is 2.25. The Kier molecular flexibility index (Phi) is 4.01. The van der Waals surface area contributed by atoms with Gasteiger partial charge in [0.15, 0.2) is 0 Å². The molecule has 106 valence electrons. The second-order valence-corrected chi connectivity index (χ2v) is 6.96. The van der Waals surface area contributed by atoms with E-state index in [9.17, 15) is 12.8 Å². The first-order valence-electron chi connectivity index (χ1n) is 5.62. The molecule has 2 aromatic carbocycles. The van der Waals surface area contributed by atoms with Crippen LogP contribution in [0.25, 0.3) is 0 Å². The van der Waals surface area contributed by atoms with Crippen LogP contribution in [0.15, 0.2) is 51.8 Å². The van der Waals surface area contributed by atoms with E-state index in [-0.39, 0.29) is 0 Å². The highest BCUT2D eigenvalue weighted by Crippen LogP contribution is 2.29. The zero-order valence-corrected chi connectivity index (χ0v) is 12.9. The number of hydrogen-bond acceptors (Lipinski definition) is 3. The molecule has 0 aliphatic heterocycles. The summed E-state index contributed by atoms with van der Waals surface area (Å²) >= 11 is 3.09. The number of benzene rings is 2. The molecule has 2 N–H and O–H groups in total. The van der Waals surface area contributed by atoms with Crippen LogP contribution < -0.4 is 10.0 Å². The van der Waals surface area contributed by atoms with Crippen molar-refractivity contribution in [3.8, 4) is 0 Å². The Morgan fingerprint density at radius 1 is 1.20 bits per heavy atom. The predicted octanol–water partition coefficient (Wildman–Crippen LogP) is 3.00. The summed E-state index contributed by atoms with van der Waals surface area (Å²) in [6, 6.07) is 10.3. The molecule has 0 radical (unpaired) electrons. The van der Waals surface area contributed by atoms with Gasteiger partial charge in [0.2, 0.25) is 0 Å². The number of para-hydroxylation sites is 2. The number of halogens is 2. The lowest BCUT2D eigenvalue weighted by Gasteiger charge is -2.21. The Morgan fingerprint density at radius 2 is 1.85 bits per heavy atom. The van der Waals surface area contributed by atoms with E-state index >= 15 is 0 Å². The molecule has 0 spiro atoms. The van der Waals surface area contributed by atoms with Crippen LogP contribution in [0.1, 0.15) is 0 Å². The van der Waals surface area contributed by atoms with Crippen LogP contribution >= 0.6 is 15.9 Å². The van der Waals surface area contributed by atoms with Crippen molar-refractivity contribution in [1.82, 2.24) is 0 Å². The van der Waals surface area contributed by atoms with Crippen molar-refractivity contribution in [2.24, 2.45) is 0 Å². The van der Waals surface area contributed by atoms with Gasteiger partial charge in [-0.25, -0.2) is 12.8 Å². The molecular weight excluding hydrogens is 347 g/mol. The summed E-state index contributed by atoms with van der Waals surface area (Å²) < 4.78 is 40.2. The zero-order valence-electron chi connectivity index (χ0n) is 10.5. The minimum absolute atomic E-state index is 0.301. The molecule has 0 atom stereocenters. The number of hydrogen-bond donors (Lipinski definition) is 1. The number of rotatable bonds is 3. The van der Waals surface area contributed by atoms with Crippen molar-refractivity contribution in [3.05, 3.63) is 52.8 Å². The largest absolute Gasteiger partial charge is 0.397 e. The molecule has 20 heavy (non-hydrogen) atoms. The van der Waals surface area contributed by atoms with Crippen LogP contribution in [0.2, 0.25) is 0 Å². The molecule has 0 saturated carbocycles. The highest BCUT2D eigenvalue weighted by molar-refractivity contribution is 9.10. The van der Waals surface area contributed by atoms with Crippen molar-refractivity contribution >= 4 is 37.3 Å². The maximum atomic E-state index is 13.9. The topological polar surface area (TPSA) is 63.4 Å². The second kappa shape index (κ2) is 5.41. The molecule has 4 nitrogen and oxygen atoms in total. The fourth-order valence-corrected chi connectivity index (χ4v) is 3.33. The molecule has 0 aliphatic carbocycles. The van der Waals surface area contributed by atoms with Gasteiger partial charge in [0, 0.05) is 11.5 Å². The summed E-state index contributed by atoms with van der Waals surface area (Å²) in [5.74, 6) is -0.819. The minimum atomic E-state index is -4.00. The molecule has 2 rings (SSSR count). The third-order valence-corrected chi connectivity index (χ3v) is 5.11. The van der Waals surface area contributed by atoms with Gasteiger partial charge >= 0.3 is 0 Å². The van der Waals surface area contributed by atoms with E-state index < -0.39 is 20.7 Å². The SMILES string of the molecule is CN(c1ccccc1N)S(=O)(=O)c1ccc(Br)cc1F. The van der Waals surface area contributed by atoms with Crippen molar-refractivity contribution in [3.63, 3.8) is 0 Å². The van der Waals surface area contributed by atoms with Gasteiger partial charge in [-0.05, 0) is 30.3 Å². The fraction of sp³-hybridized carbons (Fsp3) is 0.0769. The molecule has 0 fully saturated rings. The number of sulfonamides is 1. The number of nitrogen functional groups attached to an aromatic ring is 1. The summed E-state index contributed by atoms with van der Waals surface area (Å²) in [4.78, 5) is -0.397. The van der Waals surface area contributed by atoms with Gasteiger partial charge in [0.05, 0.1) is 11.4 Å². The first-order chi connectivity index (χ1) is 9.34. The lowest BCUT2D eigenvalue weighted by molar-refractivity contribution is 0.565. The Balaban J connectivity index is 2.53. The van der Waals surface area contributed by atoms with Gasteiger partial charge in [-0.15, -0.1) is 0 Å². The van der Waals surface area contributed by atoms with Gasteiger partial charge in [0.1, 0.15) is 10.7 Å². The van der Waals surface area contributed by atoms with Crippen LogP contribution in [0.5, 0.6) is 0 Å². The molecule has 7 heteroatoms. The monoisotopic (exact) mass is 358 g/mol. The molecule has 2 aromatic rings. The molecule has 0 heterocycles. The fourth-order valence-electron chi connectivity index (χ4n) is 1.74. The van der Waals surface area contributed by atoms with Crippen molar-refractivity contribution in [2.75, 3.05) is 17.1 Å². The molecule has 0 aromatic heterocycles. The third kappa shape index (κ3) is 2.64. The molecule has 0 unspecified atom stereocenters. The molecule has 0 bridgehead atoms. The van der Waals surface area contributed by atoms with Gasteiger partial charge in [-0.1, -0.05) is 28.1 Å². The van der Waals surface area contributed by atoms with Crippen molar-refractivity contribution in [2.45, 2.75) is 4.90 Å². The van der Waals surface area contributed by atoms with Crippen LogP contribution in [-0.2, 0) is 10.0 Å². The molecule has 0 aliphatic rings. The van der Waals surface area contributed by atoms with Crippen LogP contribution in [-0.4, -0.2) is 15.5 Å². The Labute approximate surface area is 125 Å². The van der Waals surface area contributed by atoms with E-state index in [1.807, 2.05) is 0 Å². The maximum Gasteiger partial charge on any atom is 0.267 e. The van der Waals surface area contributed by atoms with E-state index in [0.717, 1.165) is 10.4 Å². The molecule has 0 saturated heterocycles. The predicted molar refractivity (Wildman–Crippen MR) is 80.5 cm³/mol. The Hall–Kier alpha value is -1.60. The summed E-state index contributed by atoms with van der Waals surface area (Å²) in [5.41, 5.74) is 6.35. The summed E-state index contributed by atoms with van der Waals surface area (Å²) in [6.45, 7) is 0. The van der Waals surface area contributed by atoms with Crippen molar-refractivity contribution < 1.29 is 12.8 Å². The first-order valence-corrected chi connectivity index (χ1v) is 7.86. The average Bonchev–Trinajstić information content (AvgIpc) is 2.38. The quantitative estimate of drug-likeness (QED) is 0.857. The van der Waals surface area contributed by atoms with E-state index in [0.29, 0.717) is 15.8 Å². The van der Waals surface area contributed by atoms with Gasteiger partial charge in [-0.2, -0.15) is 0 Å². The Bertz CT molecular complexity index is 750. The number of anilines is 2. The average molecular weight is 359 g/mol. The van der Waals surface area contributed by atoms with Crippen LogP contribution in [0.3, 0.4) is 0 Å². The number of nitrogens with two attached hydrogens (primary N) is 1. The van der Waals surface area contributed by atoms with Crippen LogP contribution in [0.4, 0.5) is 15.8 Å². The minimum Gasteiger partial charge on any atom is -0.397 e. The number of nitrogens with zero attached hydrogens (tertiary/aromatic N) is 1. The van der Waals surface area contributed by atoms with Gasteiger partial charge < -0.3 is 5.73 Å². The molecule has 0 amide bonds. The van der Waals surface area contributed by atoms with E-state index in [4.69, 9.17) is 5.73 Å². The Morgan fingerprint density at radius 3 is 2.45 bits per heavy atom. The van der Waals surface area contributed by atoms with Crippen LogP contribution in [0, 0.1) is 5.82 Å². The normalized spacial score (nSPS) is 11.3. The first kappa shape index (κ1) is 14.8. The summed E-state index contributed by atoms with van der Waals surface area (Å²) in [6.07, 6.45) is 0. The van der Waals surface area contributed by atoms with Crippen molar-refractivity contribution in [1.29, 1.82) is 0 Å². The van der Waals surface area contributed by atoms with Gasteiger partial charge in [-0.3, -0.25) is 4.31 Å². The van der Waals surface area contributed by atoms with E-state index in [2.05, 4.69) is 15.9 Å². The summed E-state index contributed by atoms with van der Waals surface area (Å²) in [5, 5.41) is 0. The smallest absolute Gasteiger partial charge is 0.267 e.